The number of amides is 1. The molecule has 2 aliphatic rings. The normalized spacial score (nSPS) is 25.1. The molecule has 2 atom stereocenters. The third kappa shape index (κ3) is 3.28. The van der Waals surface area contributed by atoms with Crippen LogP contribution in [0.25, 0.3) is 0 Å². The van der Waals surface area contributed by atoms with Crippen LogP contribution in [0.15, 0.2) is 12.1 Å². The van der Waals surface area contributed by atoms with Crippen molar-refractivity contribution in [2.24, 2.45) is 0 Å². The monoisotopic (exact) mass is 305 g/mol. The van der Waals surface area contributed by atoms with Gasteiger partial charge in [0, 0.05) is 23.4 Å². The van der Waals surface area contributed by atoms with Gasteiger partial charge in [-0.1, -0.05) is 6.42 Å². The fourth-order valence-electron chi connectivity index (χ4n) is 3.28. The van der Waals surface area contributed by atoms with E-state index in [-0.39, 0.29) is 5.91 Å². The minimum absolute atomic E-state index is 0.0957. The molecule has 1 fully saturated rings. The second-order valence-electron chi connectivity index (χ2n) is 6.01. The Morgan fingerprint density at radius 2 is 2.19 bits per heavy atom. The molecular formula is C16H23N3OS. The smallest absolute Gasteiger partial charge is 0.224 e. The van der Waals surface area contributed by atoms with Crippen molar-refractivity contribution >= 4 is 34.7 Å². The van der Waals surface area contributed by atoms with Gasteiger partial charge in [0.05, 0.1) is 11.4 Å². The number of anilines is 3. The van der Waals surface area contributed by atoms with Crippen molar-refractivity contribution in [1.29, 1.82) is 0 Å². The van der Waals surface area contributed by atoms with Gasteiger partial charge >= 0.3 is 0 Å². The van der Waals surface area contributed by atoms with E-state index in [0.717, 1.165) is 34.3 Å². The summed E-state index contributed by atoms with van der Waals surface area (Å²) in [4.78, 5) is 11.5. The first-order valence-electron chi connectivity index (χ1n) is 7.67. The van der Waals surface area contributed by atoms with Crippen LogP contribution in [0, 0.1) is 0 Å². The van der Waals surface area contributed by atoms with Crippen molar-refractivity contribution in [3.63, 3.8) is 0 Å². The van der Waals surface area contributed by atoms with E-state index in [2.05, 4.69) is 16.9 Å². The average molecular weight is 305 g/mol. The van der Waals surface area contributed by atoms with Crippen molar-refractivity contribution < 1.29 is 4.79 Å². The summed E-state index contributed by atoms with van der Waals surface area (Å²) >= 11 is 1.96. The van der Waals surface area contributed by atoms with E-state index in [4.69, 9.17) is 5.73 Å². The standard InChI is InChI=1S/C16H23N3OS/c1-21-12-4-2-3-11(8-12)18-15-9-14-10(7-13(15)17)5-6-16(20)19-14/h7,9,11-12,18H,2-6,8,17H2,1H3,(H,19,20). The molecule has 0 spiro atoms. The molecule has 1 saturated carbocycles. The molecule has 4 N–H and O–H groups in total. The maximum absolute atomic E-state index is 11.5. The number of nitrogens with one attached hydrogen (secondary N) is 2. The van der Waals surface area contributed by atoms with E-state index >= 15 is 0 Å². The minimum Gasteiger partial charge on any atom is -0.397 e. The summed E-state index contributed by atoms with van der Waals surface area (Å²) in [6, 6.07) is 4.49. The van der Waals surface area contributed by atoms with Crippen LogP contribution in [0.2, 0.25) is 0 Å². The number of fused-ring (bicyclic) bond motifs is 1. The molecule has 21 heavy (non-hydrogen) atoms. The van der Waals surface area contributed by atoms with Crippen LogP contribution in [0.5, 0.6) is 0 Å². The number of hydrogen-bond donors (Lipinski definition) is 3. The van der Waals surface area contributed by atoms with Gasteiger partial charge in [0.1, 0.15) is 0 Å². The lowest BCUT2D eigenvalue weighted by Gasteiger charge is -2.30. The molecule has 4 nitrogen and oxygen atoms in total. The first kappa shape index (κ1) is 14.6. The van der Waals surface area contributed by atoms with Crippen molar-refractivity contribution in [3.05, 3.63) is 17.7 Å². The van der Waals surface area contributed by atoms with Gasteiger partial charge in [-0.2, -0.15) is 11.8 Å². The van der Waals surface area contributed by atoms with Gasteiger partial charge in [0.2, 0.25) is 5.91 Å². The first-order chi connectivity index (χ1) is 10.2. The Bertz CT molecular complexity index is 547. The van der Waals surface area contributed by atoms with Crippen molar-refractivity contribution in [2.45, 2.75) is 49.8 Å². The average Bonchev–Trinajstić information content (AvgIpc) is 2.49. The summed E-state index contributed by atoms with van der Waals surface area (Å²) in [5.41, 5.74) is 9.99. The van der Waals surface area contributed by atoms with Crippen molar-refractivity contribution in [3.8, 4) is 0 Å². The highest BCUT2D eigenvalue weighted by molar-refractivity contribution is 7.99. The van der Waals surface area contributed by atoms with Gasteiger partial charge in [0.25, 0.3) is 0 Å². The van der Waals surface area contributed by atoms with Crippen LogP contribution >= 0.6 is 11.8 Å². The molecule has 3 rings (SSSR count). The number of thioether (sulfide) groups is 1. The molecule has 0 radical (unpaired) electrons. The Morgan fingerprint density at radius 1 is 1.33 bits per heavy atom. The predicted molar refractivity (Wildman–Crippen MR) is 91.0 cm³/mol. The van der Waals surface area contributed by atoms with Crippen LogP contribution in [0.1, 0.15) is 37.7 Å². The van der Waals surface area contributed by atoms with Crippen LogP contribution < -0.4 is 16.4 Å². The molecule has 1 aliphatic carbocycles. The fourth-order valence-corrected chi connectivity index (χ4v) is 4.11. The third-order valence-corrected chi connectivity index (χ3v) is 5.58. The summed E-state index contributed by atoms with van der Waals surface area (Å²) in [6.07, 6.45) is 8.49. The van der Waals surface area contributed by atoms with E-state index < -0.39 is 0 Å². The molecular weight excluding hydrogens is 282 g/mol. The van der Waals surface area contributed by atoms with Gasteiger partial charge in [-0.05, 0) is 49.6 Å². The molecule has 1 amide bonds. The minimum atomic E-state index is 0.0957. The van der Waals surface area contributed by atoms with Crippen LogP contribution in [-0.2, 0) is 11.2 Å². The summed E-state index contributed by atoms with van der Waals surface area (Å²) in [7, 11) is 0. The van der Waals surface area contributed by atoms with Gasteiger partial charge in [0.15, 0.2) is 0 Å². The van der Waals surface area contributed by atoms with Crippen LogP contribution in [-0.4, -0.2) is 23.5 Å². The largest absolute Gasteiger partial charge is 0.397 e. The molecule has 5 heteroatoms. The highest BCUT2D eigenvalue weighted by Crippen LogP contribution is 2.34. The number of rotatable bonds is 3. The molecule has 1 heterocycles. The van der Waals surface area contributed by atoms with Crippen molar-refractivity contribution in [2.75, 3.05) is 22.6 Å². The second kappa shape index (κ2) is 6.18. The molecule has 0 aromatic heterocycles. The Balaban J connectivity index is 1.76. The summed E-state index contributed by atoms with van der Waals surface area (Å²) < 4.78 is 0. The van der Waals surface area contributed by atoms with E-state index in [9.17, 15) is 4.79 Å². The van der Waals surface area contributed by atoms with Gasteiger partial charge in [-0.15, -0.1) is 0 Å². The number of hydrogen-bond acceptors (Lipinski definition) is 4. The molecule has 0 bridgehead atoms. The maximum Gasteiger partial charge on any atom is 0.224 e. The SMILES string of the molecule is CSC1CCCC(Nc2cc3c(cc2N)CCC(=O)N3)C1. The van der Waals surface area contributed by atoms with Crippen LogP contribution in [0.4, 0.5) is 17.1 Å². The topological polar surface area (TPSA) is 67.1 Å². The number of carbonyl (C=O) groups is 1. The number of aryl methyl sites for hydroxylation is 1. The number of nitrogen functional groups attached to an aromatic ring is 1. The second-order valence-corrected chi connectivity index (χ2v) is 7.15. The Hall–Kier alpha value is -1.36. The third-order valence-electron chi connectivity index (χ3n) is 4.49. The fraction of sp³-hybridized carbons (Fsp3) is 0.562. The highest BCUT2D eigenvalue weighted by atomic mass is 32.2. The van der Waals surface area contributed by atoms with Crippen LogP contribution in [0.3, 0.4) is 0 Å². The molecule has 1 aromatic carbocycles. The zero-order valence-corrected chi connectivity index (χ0v) is 13.3. The zero-order chi connectivity index (χ0) is 14.8. The summed E-state index contributed by atoms with van der Waals surface area (Å²) in [6.45, 7) is 0. The number of carbonyl (C=O) groups excluding carboxylic acids is 1. The lowest BCUT2D eigenvalue weighted by Crippen LogP contribution is -2.29. The van der Waals surface area contributed by atoms with Crippen molar-refractivity contribution in [1.82, 2.24) is 0 Å². The molecule has 1 aliphatic heterocycles. The number of nitrogens with two attached hydrogens (primary N) is 1. The van der Waals surface area contributed by atoms with E-state index in [1.54, 1.807) is 0 Å². The Labute approximate surface area is 130 Å². The Morgan fingerprint density at radius 3 is 3.00 bits per heavy atom. The van der Waals surface area contributed by atoms with Gasteiger partial charge < -0.3 is 16.4 Å². The zero-order valence-electron chi connectivity index (χ0n) is 12.4. The number of benzene rings is 1. The van der Waals surface area contributed by atoms with E-state index in [0.29, 0.717) is 12.5 Å². The predicted octanol–water partition coefficient (Wildman–Crippen LogP) is 3.24. The van der Waals surface area contributed by atoms with E-state index in [1.807, 2.05) is 23.9 Å². The highest BCUT2D eigenvalue weighted by Gasteiger charge is 2.23. The Kier molecular flexibility index (Phi) is 4.29. The molecule has 1 aromatic rings. The lowest BCUT2D eigenvalue weighted by atomic mass is 9.94. The summed E-state index contributed by atoms with van der Waals surface area (Å²) in [5.74, 6) is 0.0957. The summed E-state index contributed by atoms with van der Waals surface area (Å²) in [5, 5.41) is 7.28. The van der Waals surface area contributed by atoms with Gasteiger partial charge in [-0.25, -0.2) is 0 Å². The lowest BCUT2D eigenvalue weighted by molar-refractivity contribution is -0.116. The quantitative estimate of drug-likeness (QED) is 0.750. The van der Waals surface area contributed by atoms with Gasteiger partial charge in [-0.3, -0.25) is 4.79 Å². The maximum atomic E-state index is 11.5. The molecule has 114 valence electrons. The molecule has 0 saturated heterocycles. The van der Waals surface area contributed by atoms with E-state index in [1.165, 1.54) is 25.7 Å². The first-order valence-corrected chi connectivity index (χ1v) is 8.96. The molecule has 2 unspecified atom stereocenters.